The summed E-state index contributed by atoms with van der Waals surface area (Å²) in [6, 6.07) is 10.0. The van der Waals surface area contributed by atoms with E-state index in [9.17, 15) is 4.79 Å². The second kappa shape index (κ2) is 6.53. The third-order valence-corrected chi connectivity index (χ3v) is 3.03. The highest BCUT2D eigenvalue weighted by Gasteiger charge is 2.18. The third kappa shape index (κ3) is 3.45. The van der Waals surface area contributed by atoms with E-state index >= 15 is 0 Å². The van der Waals surface area contributed by atoms with E-state index in [4.69, 9.17) is 5.26 Å². The summed E-state index contributed by atoms with van der Waals surface area (Å²) < 4.78 is 6.33. The first kappa shape index (κ1) is 13.8. The van der Waals surface area contributed by atoms with Crippen LogP contribution in [0, 0.1) is 17.4 Å². The molecule has 102 valence electrons. The highest BCUT2D eigenvalue weighted by atomic mass is 16.5. The average molecular weight is 269 g/mol. The molecule has 0 saturated heterocycles. The molecule has 0 bridgehead atoms. The first-order chi connectivity index (χ1) is 9.70. The summed E-state index contributed by atoms with van der Waals surface area (Å²) in [5.74, 6) is -0.121. The number of carbonyl (C=O) groups is 1. The number of ether oxygens (including phenoxy) is 1. The van der Waals surface area contributed by atoms with E-state index in [0.717, 1.165) is 5.82 Å². The summed E-state index contributed by atoms with van der Waals surface area (Å²) in [6.07, 6.45) is 5.44. The molecular formula is C15H15N3O2. The van der Waals surface area contributed by atoms with Gasteiger partial charge >= 0.3 is 5.97 Å². The molecular weight excluding hydrogens is 254 g/mol. The Morgan fingerprint density at radius 2 is 2.20 bits per heavy atom. The van der Waals surface area contributed by atoms with E-state index in [2.05, 4.69) is 9.72 Å². The van der Waals surface area contributed by atoms with Crippen LogP contribution < -0.4 is 0 Å². The Morgan fingerprint density at radius 1 is 1.45 bits per heavy atom. The highest BCUT2D eigenvalue weighted by Crippen LogP contribution is 2.11. The molecule has 1 aromatic heterocycles. The van der Waals surface area contributed by atoms with Crippen LogP contribution in [0.2, 0.25) is 0 Å². The zero-order valence-electron chi connectivity index (χ0n) is 11.2. The van der Waals surface area contributed by atoms with E-state index in [0.29, 0.717) is 13.0 Å². The van der Waals surface area contributed by atoms with Gasteiger partial charge in [0, 0.05) is 25.4 Å². The van der Waals surface area contributed by atoms with Crippen molar-refractivity contribution in [1.82, 2.24) is 9.55 Å². The van der Waals surface area contributed by atoms with Crippen LogP contribution in [-0.4, -0.2) is 15.5 Å². The van der Waals surface area contributed by atoms with E-state index in [1.165, 1.54) is 11.8 Å². The van der Waals surface area contributed by atoms with E-state index in [1.807, 2.05) is 41.1 Å². The average Bonchev–Trinajstić information content (AvgIpc) is 2.87. The van der Waals surface area contributed by atoms with Gasteiger partial charge in [-0.1, -0.05) is 37.3 Å². The zero-order chi connectivity index (χ0) is 14.4. The molecule has 0 radical (unpaired) electrons. The van der Waals surface area contributed by atoms with Gasteiger partial charge in [0.25, 0.3) is 6.26 Å². The predicted octanol–water partition coefficient (Wildman–Crippen LogP) is 2.13. The molecule has 2 rings (SSSR count). The van der Waals surface area contributed by atoms with Gasteiger partial charge in [-0.05, 0) is 5.56 Å². The first-order valence-electron chi connectivity index (χ1n) is 6.34. The Hall–Kier alpha value is -2.61. The molecule has 0 saturated carbocycles. The standard InChI is InChI=1S/C15H15N3O2/c1-12(15(19)20-11-16)9-14-17-7-8-18(14)10-13-5-3-2-4-6-13/h2-8,12H,9-10H2,1H3. The van der Waals surface area contributed by atoms with Crippen molar-refractivity contribution < 1.29 is 9.53 Å². The lowest BCUT2D eigenvalue weighted by Gasteiger charge is -2.10. The number of benzene rings is 1. The molecule has 5 heteroatoms. The van der Waals surface area contributed by atoms with Crippen LogP contribution in [0.25, 0.3) is 0 Å². The number of aromatic nitrogens is 2. The summed E-state index contributed by atoms with van der Waals surface area (Å²) in [5.41, 5.74) is 1.17. The van der Waals surface area contributed by atoms with Crippen molar-refractivity contribution in [3.8, 4) is 6.26 Å². The fourth-order valence-corrected chi connectivity index (χ4v) is 1.96. The maximum Gasteiger partial charge on any atom is 0.324 e. The Balaban J connectivity index is 2.06. The van der Waals surface area contributed by atoms with Crippen LogP contribution in [0.5, 0.6) is 0 Å². The summed E-state index contributed by atoms with van der Waals surface area (Å²) in [7, 11) is 0. The van der Waals surface area contributed by atoms with Crippen molar-refractivity contribution in [2.45, 2.75) is 19.9 Å². The largest absolute Gasteiger partial charge is 0.351 e. The van der Waals surface area contributed by atoms with Crippen molar-refractivity contribution in [2.75, 3.05) is 0 Å². The quantitative estimate of drug-likeness (QED) is 0.616. The molecule has 0 amide bonds. The van der Waals surface area contributed by atoms with Crippen LogP contribution in [0.3, 0.4) is 0 Å². The third-order valence-electron chi connectivity index (χ3n) is 3.03. The van der Waals surface area contributed by atoms with Crippen molar-refractivity contribution in [1.29, 1.82) is 5.26 Å². The lowest BCUT2D eigenvalue weighted by molar-refractivity contribution is -0.141. The molecule has 0 N–H and O–H groups in total. The Morgan fingerprint density at radius 3 is 2.90 bits per heavy atom. The van der Waals surface area contributed by atoms with E-state index < -0.39 is 11.9 Å². The molecule has 0 aliphatic heterocycles. The maximum atomic E-state index is 11.5. The zero-order valence-corrected chi connectivity index (χ0v) is 11.2. The lowest BCUT2D eigenvalue weighted by atomic mass is 10.1. The smallest absolute Gasteiger partial charge is 0.324 e. The minimum absolute atomic E-state index is 0.397. The number of carbonyl (C=O) groups excluding carboxylic acids is 1. The van der Waals surface area contributed by atoms with Gasteiger partial charge < -0.3 is 9.30 Å². The SMILES string of the molecule is CC(Cc1nccn1Cc1ccccc1)C(=O)OC#N. The Labute approximate surface area is 117 Å². The molecule has 2 aromatic rings. The molecule has 0 fully saturated rings. The molecule has 0 aliphatic rings. The molecule has 1 unspecified atom stereocenters. The molecule has 1 atom stereocenters. The van der Waals surface area contributed by atoms with E-state index in [-0.39, 0.29) is 0 Å². The lowest BCUT2D eigenvalue weighted by Crippen LogP contribution is -2.17. The minimum Gasteiger partial charge on any atom is -0.351 e. The molecule has 1 heterocycles. The van der Waals surface area contributed by atoms with Gasteiger partial charge in [-0.15, -0.1) is 5.26 Å². The predicted molar refractivity (Wildman–Crippen MR) is 72.3 cm³/mol. The number of rotatable bonds is 5. The number of hydrogen-bond donors (Lipinski definition) is 0. The number of imidazole rings is 1. The second-order valence-electron chi connectivity index (χ2n) is 4.57. The monoisotopic (exact) mass is 269 g/mol. The van der Waals surface area contributed by atoms with Crippen molar-refractivity contribution >= 4 is 5.97 Å². The van der Waals surface area contributed by atoms with E-state index in [1.54, 1.807) is 13.1 Å². The van der Waals surface area contributed by atoms with Gasteiger partial charge in [0.2, 0.25) is 0 Å². The Kier molecular flexibility index (Phi) is 4.51. The molecule has 5 nitrogen and oxygen atoms in total. The van der Waals surface area contributed by atoms with Crippen LogP contribution in [0.1, 0.15) is 18.3 Å². The molecule has 1 aromatic carbocycles. The molecule has 0 spiro atoms. The second-order valence-corrected chi connectivity index (χ2v) is 4.57. The van der Waals surface area contributed by atoms with Gasteiger partial charge in [0.05, 0.1) is 5.92 Å². The summed E-state index contributed by atoms with van der Waals surface area (Å²) >= 11 is 0. The van der Waals surface area contributed by atoms with Crippen LogP contribution in [-0.2, 0) is 22.5 Å². The van der Waals surface area contributed by atoms with Gasteiger partial charge in [-0.25, -0.2) is 4.98 Å². The van der Waals surface area contributed by atoms with Gasteiger partial charge in [0.1, 0.15) is 5.82 Å². The maximum absolute atomic E-state index is 11.5. The normalized spacial score (nSPS) is 11.6. The van der Waals surface area contributed by atoms with Crippen molar-refractivity contribution in [3.05, 3.63) is 54.1 Å². The number of esters is 1. The fourth-order valence-electron chi connectivity index (χ4n) is 1.96. The van der Waals surface area contributed by atoms with Crippen molar-refractivity contribution in [3.63, 3.8) is 0 Å². The summed E-state index contributed by atoms with van der Waals surface area (Å²) in [6.45, 7) is 2.43. The number of hydrogen-bond acceptors (Lipinski definition) is 4. The first-order valence-corrected chi connectivity index (χ1v) is 6.34. The molecule has 20 heavy (non-hydrogen) atoms. The van der Waals surface area contributed by atoms with Gasteiger partial charge in [-0.2, -0.15) is 0 Å². The van der Waals surface area contributed by atoms with Crippen LogP contribution in [0.4, 0.5) is 0 Å². The van der Waals surface area contributed by atoms with Crippen molar-refractivity contribution in [2.24, 2.45) is 5.92 Å². The number of nitrogens with zero attached hydrogens (tertiary/aromatic N) is 3. The number of nitriles is 1. The highest BCUT2D eigenvalue weighted by molar-refractivity contribution is 5.73. The fraction of sp³-hybridized carbons (Fsp3) is 0.267. The van der Waals surface area contributed by atoms with Gasteiger partial charge in [-0.3, -0.25) is 4.79 Å². The summed E-state index contributed by atoms with van der Waals surface area (Å²) in [4.78, 5) is 15.7. The van der Waals surface area contributed by atoms with Gasteiger partial charge in [0.15, 0.2) is 0 Å². The molecule has 0 aliphatic carbocycles. The summed E-state index contributed by atoms with van der Waals surface area (Å²) in [5, 5.41) is 8.35. The topological polar surface area (TPSA) is 67.9 Å². The Bertz CT molecular complexity index is 614. The van der Waals surface area contributed by atoms with Crippen LogP contribution >= 0.6 is 0 Å². The minimum atomic E-state index is -0.526. The van der Waals surface area contributed by atoms with Crippen LogP contribution in [0.15, 0.2) is 42.7 Å².